The molecule has 0 aliphatic heterocycles. The molecule has 1 rings (SSSR count). The molecule has 0 aliphatic carbocycles. The van der Waals surface area contributed by atoms with Crippen LogP contribution in [0.25, 0.3) is 0 Å². The van der Waals surface area contributed by atoms with Gasteiger partial charge in [0.2, 0.25) is 12.1 Å². The van der Waals surface area contributed by atoms with Crippen molar-refractivity contribution in [3.05, 3.63) is 30.9 Å². The van der Waals surface area contributed by atoms with Crippen molar-refractivity contribution in [3.8, 4) is 0 Å². The summed E-state index contributed by atoms with van der Waals surface area (Å²) in [6.07, 6.45) is 28.2. The molecule has 0 saturated heterocycles. The van der Waals surface area contributed by atoms with E-state index in [0.717, 1.165) is 19.3 Å². The van der Waals surface area contributed by atoms with Crippen molar-refractivity contribution in [2.45, 2.75) is 122 Å². The normalized spacial score (nSPS) is 13.7. The minimum absolute atomic E-state index is 0.387. The van der Waals surface area contributed by atoms with Gasteiger partial charge in [0.1, 0.15) is 12.4 Å². The van der Waals surface area contributed by atoms with Crippen molar-refractivity contribution in [3.63, 3.8) is 0 Å². The lowest BCUT2D eigenvalue weighted by Crippen LogP contribution is -2.57. The zero-order chi connectivity index (χ0) is 21.9. The van der Waals surface area contributed by atoms with Gasteiger partial charge in [0.05, 0.1) is 6.42 Å². The molecule has 0 saturated carbocycles. The summed E-state index contributed by atoms with van der Waals surface area (Å²) < 4.78 is 1.53. The number of aromatic amines is 1. The number of carboxylic acids is 1. The number of hydrogen-bond donors (Lipinski definition) is 2. The van der Waals surface area contributed by atoms with E-state index < -0.39 is 11.7 Å². The fraction of sp³-hybridized carbons (Fsp3) is 0.760. The topological polar surface area (TPSA) is 80.0 Å². The van der Waals surface area contributed by atoms with Crippen LogP contribution in [0.15, 0.2) is 30.9 Å². The quantitative estimate of drug-likeness (QED) is 0.179. The van der Waals surface area contributed by atoms with Crippen LogP contribution in [0.5, 0.6) is 0 Å². The van der Waals surface area contributed by atoms with Crippen LogP contribution in [-0.4, -0.2) is 16.1 Å². The third-order valence-corrected chi connectivity index (χ3v) is 5.79. The molecule has 0 bridgehead atoms. The molecule has 0 fully saturated rings. The lowest BCUT2D eigenvalue weighted by Gasteiger charge is -2.25. The zero-order valence-electron chi connectivity index (χ0n) is 19.1. The highest BCUT2D eigenvalue weighted by molar-refractivity contribution is 5.64. The average molecular weight is 421 g/mol. The summed E-state index contributed by atoms with van der Waals surface area (Å²) >= 11 is 0. The summed E-state index contributed by atoms with van der Waals surface area (Å²) in [7, 11) is 0. The summed E-state index contributed by atoms with van der Waals surface area (Å²) in [6, 6.07) is 0. The predicted molar refractivity (Wildman–Crippen MR) is 119 cm³/mol. The summed E-state index contributed by atoms with van der Waals surface area (Å²) in [5, 5.41) is 21.7. The second-order valence-corrected chi connectivity index (χ2v) is 8.59. The zero-order valence-corrected chi connectivity index (χ0v) is 19.1. The van der Waals surface area contributed by atoms with Crippen LogP contribution in [-0.2, 0) is 10.5 Å². The number of carbonyl (C=O) groups excluding carboxylic acids is 1. The van der Waals surface area contributed by atoms with Crippen LogP contribution in [0.3, 0.4) is 0 Å². The number of H-pyrrole nitrogens is 1. The van der Waals surface area contributed by atoms with Gasteiger partial charge in [0, 0.05) is 12.4 Å². The van der Waals surface area contributed by atoms with E-state index >= 15 is 0 Å². The van der Waals surface area contributed by atoms with E-state index in [1.54, 1.807) is 18.7 Å². The molecule has 1 aromatic rings. The molecular formula is C25H44N2O3. The molecule has 2 N–H and O–H groups in total. The fourth-order valence-corrected chi connectivity index (χ4v) is 3.92. The van der Waals surface area contributed by atoms with Crippen molar-refractivity contribution in [1.82, 2.24) is 4.98 Å². The Morgan fingerprint density at radius 1 is 0.933 bits per heavy atom. The molecule has 1 aromatic heterocycles. The van der Waals surface area contributed by atoms with Crippen LogP contribution in [0.2, 0.25) is 0 Å². The molecule has 0 amide bonds. The molecule has 1 atom stereocenters. The van der Waals surface area contributed by atoms with Gasteiger partial charge < -0.3 is 15.0 Å². The van der Waals surface area contributed by atoms with Gasteiger partial charge in [-0.3, -0.25) is 4.98 Å². The maximum atomic E-state index is 11.0. The number of aliphatic hydroxyl groups is 1. The maximum absolute atomic E-state index is 11.0. The molecule has 1 unspecified atom stereocenters. The molecule has 5 nitrogen and oxygen atoms in total. The molecule has 0 spiro atoms. The number of imidazole rings is 1. The molecule has 5 heteroatoms. The van der Waals surface area contributed by atoms with E-state index in [0.29, 0.717) is 6.42 Å². The van der Waals surface area contributed by atoms with Gasteiger partial charge in [0.15, 0.2) is 0 Å². The summed E-state index contributed by atoms with van der Waals surface area (Å²) in [5.41, 5.74) is -1.40. The molecular weight excluding hydrogens is 376 g/mol. The van der Waals surface area contributed by atoms with Gasteiger partial charge in [-0.25, -0.2) is 4.57 Å². The number of carboxylic acid groups (broad SMARTS) is 1. The van der Waals surface area contributed by atoms with E-state index in [-0.39, 0.29) is 6.42 Å². The van der Waals surface area contributed by atoms with E-state index in [1.807, 2.05) is 0 Å². The van der Waals surface area contributed by atoms with Crippen LogP contribution >= 0.6 is 0 Å². The lowest BCUT2D eigenvalue weighted by molar-refractivity contribution is -0.807. The molecule has 0 radical (unpaired) electrons. The Labute approximate surface area is 183 Å². The minimum Gasteiger partial charge on any atom is -0.550 e. The van der Waals surface area contributed by atoms with Crippen LogP contribution < -0.4 is 9.67 Å². The van der Waals surface area contributed by atoms with Crippen molar-refractivity contribution in [2.24, 2.45) is 0 Å². The Kier molecular flexibility index (Phi) is 15.1. The highest BCUT2D eigenvalue weighted by Crippen LogP contribution is 2.20. The van der Waals surface area contributed by atoms with Crippen molar-refractivity contribution < 1.29 is 19.6 Å². The van der Waals surface area contributed by atoms with E-state index in [9.17, 15) is 15.0 Å². The smallest absolute Gasteiger partial charge is 0.243 e. The number of hydrogen-bond acceptors (Lipinski definition) is 3. The first-order chi connectivity index (χ1) is 14.6. The first-order valence-electron chi connectivity index (χ1n) is 12.2. The number of aliphatic carboxylic acids is 1. The molecule has 1 heterocycles. The Balaban J connectivity index is 1.97. The number of unbranched alkanes of at least 4 members (excludes halogenated alkanes) is 13. The number of nitrogens with zero attached hydrogens (tertiary/aromatic N) is 1. The largest absolute Gasteiger partial charge is 0.550 e. The second-order valence-electron chi connectivity index (χ2n) is 8.59. The Bertz CT molecular complexity index is 557. The standard InChI is InChI=1S/C25H44N2O3/c1-2-3-4-5-6-7-8-9-10-11-12-13-14-15-16-17-18-19-25(30,22-24(28)29)27-21-20-26-23-27/h9-10,20-21,23,30H,2-8,11-19,22H2,1H3,(H,28,29)/b10-9-. The predicted octanol–water partition coefficient (Wildman–Crippen LogP) is 4.91. The Morgan fingerprint density at radius 3 is 1.97 bits per heavy atom. The first-order valence-corrected chi connectivity index (χ1v) is 12.2. The summed E-state index contributed by atoms with van der Waals surface area (Å²) in [5.74, 6) is -1.23. The maximum Gasteiger partial charge on any atom is 0.243 e. The van der Waals surface area contributed by atoms with Crippen molar-refractivity contribution >= 4 is 5.97 Å². The number of carbonyl (C=O) groups is 1. The molecule has 0 aromatic carbocycles. The van der Waals surface area contributed by atoms with E-state index in [2.05, 4.69) is 24.1 Å². The lowest BCUT2D eigenvalue weighted by atomic mass is 9.99. The van der Waals surface area contributed by atoms with E-state index in [1.165, 1.54) is 81.6 Å². The molecule has 30 heavy (non-hydrogen) atoms. The number of aromatic nitrogens is 2. The van der Waals surface area contributed by atoms with Gasteiger partial charge in [-0.1, -0.05) is 83.3 Å². The van der Waals surface area contributed by atoms with Crippen LogP contribution in [0.1, 0.15) is 116 Å². The number of nitrogens with one attached hydrogen (secondary N) is 1. The minimum atomic E-state index is -1.40. The third-order valence-electron chi connectivity index (χ3n) is 5.79. The van der Waals surface area contributed by atoms with Gasteiger partial charge >= 0.3 is 0 Å². The summed E-state index contributed by atoms with van der Waals surface area (Å²) in [4.78, 5) is 13.8. The fourth-order valence-electron chi connectivity index (χ4n) is 3.92. The Morgan fingerprint density at radius 2 is 1.47 bits per heavy atom. The number of allylic oxidation sites excluding steroid dienone is 2. The highest BCUT2D eigenvalue weighted by atomic mass is 16.4. The summed E-state index contributed by atoms with van der Waals surface area (Å²) in [6.45, 7) is 2.26. The van der Waals surface area contributed by atoms with Gasteiger partial charge in [-0.15, -0.1) is 0 Å². The molecule has 0 aliphatic rings. The highest BCUT2D eigenvalue weighted by Gasteiger charge is 2.33. The average Bonchev–Trinajstić information content (AvgIpc) is 3.25. The third kappa shape index (κ3) is 12.8. The van der Waals surface area contributed by atoms with Crippen molar-refractivity contribution in [1.29, 1.82) is 0 Å². The SMILES string of the molecule is CCCCCCCC/C=C\CCCCCCCCCC(O)(CC(=O)[O-])[n+]1cc[nH]c1. The first kappa shape index (κ1) is 26.4. The van der Waals surface area contributed by atoms with Crippen molar-refractivity contribution in [2.75, 3.05) is 0 Å². The van der Waals surface area contributed by atoms with E-state index in [4.69, 9.17) is 0 Å². The monoisotopic (exact) mass is 420 g/mol. The Hall–Kier alpha value is -1.62. The second kappa shape index (κ2) is 17.1. The van der Waals surface area contributed by atoms with Crippen LogP contribution in [0.4, 0.5) is 0 Å². The number of rotatable bonds is 20. The van der Waals surface area contributed by atoms with Gasteiger partial charge in [0.25, 0.3) is 0 Å². The molecule has 172 valence electrons. The van der Waals surface area contributed by atoms with Gasteiger partial charge in [-0.05, 0) is 32.1 Å². The van der Waals surface area contributed by atoms with Gasteiger partial charge in [-0.2, -0.15) is 0 Å². The van der Waals surface area contributed by atoms with Crippen LogP contribution in [0, 0.1) is 0 Å².